The van der Waals surface area contributed by atoms with E-state index in [1.165, 1.54) is 28.6 Å². The van der Waals surface area contributed by atoms with Gasteiger partial charge in [-0.1, -0.05) is 12.8 Å². The quantitative estimate of drug-likeness (QED) is 0.757. The van der Waals surface area contributed by atoms with Gasteiger partial charge in [0.1, 0.15) is 0 Å². The van der Waals surface area contributed by atoms with Crippen LogP contribution >= 0.6 is 0 Å². The van der Waals surface area contributed by atoms with Gasteiger partial charge in [-0.2, -0.15) is 9.57 Å². The number of sulfonamides is 1. The van der Waals surface area contributed by atoms with Crippen LogP contribution < -0.4 is 0 Å². The molecule has 5 heteroatoms. The van der Waals surface area contributed by atoms with Gasteiger partial charge in [0.15, 0.2) is 0 Å². The Morgan fingerprint density at radius 1 is 1.33 bits per heavy atom. The highest BCUT2D eigenvalue weighted by Gasteiger charge is 2.22. The van der Waals surface area contributed by atoms with Crippen molar-refractivity contribution in [2.24, 2.45) is 0 Å². The van der Waals surface area contributed by atoms with E-state index in [0.29, 0.717) is 18.5 Å². The maximum atomic E-state index is 12.3. The molecule has 94 valence electrons. The largest absolute Gasteiger partial charge is 0.243 e. The molecule has 18 heavy (non-hydrogen) atoms. The van der Waals surface area contributed by atoms with Gasteiger partial charge in [-0.05, 0) is 30.7 Å². The van der Waals surface area contributed by atoms with Gasteiger partial charge in [0.05, 0.1) is 23.1 Å². The summed E-state index contributed by atoms with van der Waals surface area (Å²) >= 11 is 0. The van der Waals surface area contributed by atoms with E-state index in [1.807, 2.05) is 13.0 Å². The van der Waals surface area contributed by atoms with Crippen LogP contribution in [0.4, 0.5) is 0 Å². The minimum atomic E-state index is -3.57. The van der Waals surface area contributed by atoms with E-state index in [4.69, 9.17) is 11.7 Å². The second kappa shape index (κ2) is 6.20. The van der Waals surface area contributed by atoms with Gasteiger partial charge in [-0.15, -0.1) is 6.42 Å². The molecule has 0 aliphatic heterocycles. The molecule has 0 atom stereocenters. The second-order valence-corrected chi connectivity index (χ2v) is 5.62. The average molecular weight is 262 g/mol. The highest BCUT2D eigenvalue weighted by Crippen LogP contribution is 2.16. The van der Waals surface area contributed by atoms with Crippen LogP contribution in [0.1, 0.15) is 18.9 Å². The van der Waals surface area contributed by atoms with E-state index in [0.717, 1.165) is 0 Å². The lowest BCUT2D eigenvalue weighted by molar-refractivity contribution is 0.445. The summed E-state index contributed by atoms with van der Waals surface area (Å²) in [4.78, 5) is 0.158. The fourth-order valence-corrected chi connectivity index (χ4v) is 2.93. The molecular weight excluding hydrogens is 248 g/mol. The molecule has 0 radical (unpaired) electrons. The normalized spacial score (nSPS) is 10.9. The summed E-state index contributed by atoms with van der Waals surface area (Å²) < 4.78 is 25.8. The number of rotatable bonds is 5. The standard InChI is InChI=1S/C13H14N2O2S/c1-3-9-15(10-4-2)18(16,17)13-7-5-12(11-14)6-8-13/h1,5-8H,4,9-10H2,2H3. The van der Waals surface area contributed by atoms with Crippen LogP contribution in [-0.4, -0.2) is 25.8 Å². The van der Waals surface area contributed by atoms with Gasteiger partial charge in [0.2, 0.25) is 10.0 Å². The zero-order valence-corrected chi connectivity index (χ0v) is 10.9. The molecule has 0 spiro atoms. The molecule has 0 aliphatic carbocycles. The summed E-state index contributed by atoms with van der Waals surface area (Å²) in [5, 5.41) is 8.67. The number of hydrogen-bond donors (Lipinski definition) is 0. The summed E-state index contributed by atoms with van der Waals surface area (Å²) in [6.45, 7) is 2.32. The van der Waals surface area contributed by atoms with Gasteiger partial charge < -0.3 is 0 Å². The van der Waals surface area contributed by atoms with Gasteiger partial charge in [-0.3, -0.25) is 0 Å². The van der Waals surface area contributed by atoms with Crippen LogP contribution in [0.15, 0.2) is 29.2 Å². The van der Waals surface area contributed by atoms with Crippen molar-refractivity contribution < 1.29 is 8.42 Å². The summed E-state index contributed by atoms with van der Waals surface area (Å²) in [7, 11) is -3.57. The SMILES string of the molecule is C#CCN(CCC)S(=O)(=O)c1ccc(C#N)cc1. The van der Waals surface area contributed by atoms with Crippen LogP contribution in [0.5, 0.6) is 0 Å². The Bertz CT molecular complexity index is 577. The average Bonchev–Trinajstić information content (AvgIpc) is 2.38. The molecule has 4 nitrogen and oxygen atoms in total. The molecule has 0 N–H and O–H groups in total. The number of nitriles is 1. The molecule has 0 fully saturated rings. The first-order chi connectivity index (χ1) is 8.56. The lowest BCUT2D eigenvalue weighted by Gasteiger charge is -2.19. The Labute approximate surface area is 108 Å². The Balaban J connectivity index is 3.11. The predicted octanol–water partition coefficient (Wildman–Crippen LogP) is 1.59. The van der Waals surface area contributed by atoms with E-state index in [1.54, 1.807) is 0 Å². The van der Waals surface area contributed by atoms with Crippen LogP contribution in [0.3, 0.4) is 0 Å². The summed E-state index contributed by atoms with van der Waals surface area (Å²) in [5.74, 6) is 2.35. The van der Waals surface area contributed by atoms with E-state index >= 15 is 0 Å². The van der Waals surface area contributed by atoms with Crippen molar-refractivity contribution >= 4 is 10.0 Å². The van der Waals surface area contributed by atoms with Crippen molar-refractivity contribution in [3.8, 4) is 18.4 Å². The lowest BCUT2D eigenvalue weighted by atomic mass is 10.2. The van der Waals surface area contributed by atoms with Crippen molar-refractivity contribution in [1.82, 2.24) is 4.31 Å². The minimum absolute atomic E-state index is 0.0518. The Hall–Kier alpha value is -1.82. The Morgan fingerprint density at radius 2 is 1.94 bits per heavy atom. The minimum Gasteiger partial charge on any atom is -0.207 e. The molecule has 1 rings (SSSR count). The van der Waals surface area contributed by atoms with Crippen LogP contribution in [-0.2, 0) is 10.0 Å². The van der Waals surface area contributed by atoms with Crippen molar-refractivity contribution in [3.05, 3.63) is 29.8 Å². The summed E-state index contributed by atoms with van der Waals surface area (Å²) in [5.41, 5.74) is 0.424. The van der Waals surface area contributed by atoms with E-state index in [9.17, 15) is 8.42 Å². The zero-order valence-electron chi connectivity index (χ0n) is 10.1. The predicted molar refractivity (Wildman–Crippen MR) is 69.0 cm³/mol. The van der Waals surface area contributed by atoms with E-state index in [2.05, 4.69) is 5.92 Å². The van der Waals surface area contributed by atoms with Gasteiger partial charge in [-0.25, -0.2) is 8.42 Å². The monoisotopic (exact) mass is 262 g/mol. The number of benzene rings is 1. The van der Waals surface area contributed by atoms with E-state index in [-0.39, 0.29) is 11.4 Å². The smallest absolute Gasteiger partial charge is 0.207 e. The van der Waals surface area contributed by atoms with Crippen molar-refractivity contribution in [1.29, 1.82) is 5.26 Å². The maximum Gasteiger partial charge on any atom is 0.243 e. The first-order valence-corrected chi connectivity index (χ1v) is 6.94. The number of nitrogens with zero attached hydrogens (tertiary/aromatic N) is 2. The first kappa shape index (κ1) is 14.2. The molecule has 0 heterocycles. The third-order valence-electron chi connectivity index (χ3n) is 2.36. The molecule has 0 saturated carbocycles. The molecular formula is C13H14N2O2S. The lowest BCUT2D eigenvalue weighted by Crippen LogP contribution is -2.32. The number of hydrogen-bond acceptors (Lipinski definition) is 3. The van der Waals surface area contributed by atoms with Gasteiger partial charge in [0, 0.05) is 6.54 Å². The third kappa shape index (κ3) is 3.10. The molecule has 0 saturated heterocycles. The molecule has 1 aromatic carbocycles. The van der Waals surface area contributed by atoms with Crippen LogP contribution in [0.25, 0.3) is 0 Å². The first-order valence-electron chi connectivity index (χ1n) is 5.50. The topological polar surface area (TPSA) is 61.2 Å². The Morgan fingerprint density at radius 3 is 2.39 bits per heavy atom. The fourth-order valence-electron chi connectivity index (χ4n) is 1.49. The highest BCUT2D eigenvalue weighted by molar-refractivity contribution is 7.89. The fraction of sp³-hybridized carbons (Fsp3) is 0.308. The summed E-state index contributed by atoms with van der Waals surface area (Å²) in [6.07, 6.45) is 5.87. The van der Waals surface area contributed by atoms with Gasteiger partial charge >= 0.3 is 0 Å². The van der Waals surface area contributed by atoms with E-state index < -0.39 is 10.0 Å². The third-order valence-corrected chi connectivity index (χ3v) is 4.22. The van der Waals surface area contributed by atoms with Crippen molar-refractivity contribution in [3.63, 3.8) is 0 Å². The second-order valence-electron chi connectivity index (χ2n) is 3.68. The molecule has 0 aromatic heterocycles. The number of terminal acetylenes is 1. The van der Waals surface area contributed by atoms with Crippen molar-refractivity contribution in [2.75, 3.05) is 13.1 Å². The van der Waals surface area contributed by atoms with Crippen LogP contribution in [0, 0.1) is 23.7 Å². The Kier molecular flexibility index (Phi) is 4.91. The molecule has 1 aromatic rings. The molecule has 0 aliphatic rings. The zero-order chi connectivity index (χ0) is 13.6. The molecule has 0 bridgehead atoms. The van der Waals surface area contributed by atoms with Gasteiger partial charge in [0.25, 0.3) is 0 Å². The van der Waals surface area contributed by atoms with Crippen molar-refractivity contribution in [2.45, 2.75) is 18.2 Å². The van der Waals surface area contributed by atoms with Crippen LogP contribution in [0.2, 0.25) is 0 Å². The maximum absolute atomic E-state index is 12.3. The highest BCUT2D eigenvalue weighted by atomic mass is 32.2. The molecule has 0 unspecified atom stereocenters. The summed E-state index contributed by atoms with van der Waals surface area (Å²) in [6, 6.07) is 7.75. The molecule has 0 amide bonds.